The maximum Gasteiger partial charge on any atom is 0.224 e. The molecular weight excluding hydrogens is 180 g/mol. The van der Waals surface area contributed by atoms with Gasteiger partial charge in [0.25, 0.3) is 0 Å². The van der Waals surface area contributed by atoms with Crippen LogP contribution in [-0.2, 0) is 9.53 Å². The van der Waals surface area contributed by atoms with E-state index in [1.54, 1.807) is 0 Å². The zero-order valence-corrected chi connectivity index (χ0v) is 8.95. The molecule has 82 valence electrons. The van der Waals surface area contributed by atoms with Gasteiger partial charge in [-0.15, -0.1) is 0 Å². The Kier molecular flexibility index (Phi) is 4.35. The number of rotatable bonds is 4. The molecule has 0 radical (unpaired) electrons. The Morgan fingerprint density at radius 1 is 1.64 bits per heavy atom. The van der Waals surface area contributed by atoms with Crippen LogP contribution in [0.3, 0.4) is 0 Å². The van der Waals surface area contributed by atoms with Crippen molar-refractivity contribution in [1.29, 1.82) is 0 Å². The fourth-order valence-electron chi connectivity index (χ4n) is 1.64. The Balaban J connectivity index is 2.38. The van der Waals surface area contributed by atoms with Gasteiger partial charge < -0.3 is 15.8 Å². The predicted octanol–water partition coefficient (Wildman–Crippen LogP) is 0.122. The van der Waals surface area contributed by atoms with Gasteiger partial charge >= 0.3 is 0 Å². The molecule has 0 aromatic carbocycles. The summed E-state index contributed by atoms with van der Waals surface area (Å²) in [5.74, 6) is 0.288. The molecule has 1 heterocycles. The van der Waals surface area contributed by atoms with Crippen molar-refractivity contribution in [3.8, 4) is 0 Å². The van der Waals surface area contributed by atoms with Crippen molar-refractivity contribution < 1.29 is 9.53 Å². The Bertz CT molecular complexity index is 189. The minimum atomic E-state index is -0.0735. The van der Waals surface area contributed by atoms with Gasteiger partial charge in [-0.25, -0.2) is 0 Å². The SMILES string of the molecule is CC(C)C(CN)C(=O)NC1CCOC1. The third-order valence-electron chi connectivity index (χ3n) is 2.67. The van der Waals surface area contributed by atoms with Crippen molar-refractivity contribution in [3.63, 3.8) is 0 Å². The third kappa shape index (κ3) is 2.96. The zero-order chi connectivity index (χ0) is 10.6. The summed E-state index contributed by atoms with van der Waals surface area (Å²) in [7, 11) is 0. The Labute approximate surface area is 85.2 Å². The highest BCUT2D eigenvalue weighted by molar-refractivity contribution is 5.79. The van der Waals surface area contributed by atoms with Gasteiger partial charge in [-0.2, -0.15) is 0 Å². The van der Waals surface area contributed by atoms with Gasteiger partial charge in [0, 0.05) is 13.2 Å². The molecule has 1 aliphatic rings. The topological polar surface area (TPSA) is 64.4 Å². The third-order valence-corrected chi connectivity index (χ3v) is 2.67. The molecule has 2 atom stereocenters. The van der Waals surface area contributed by atoms with E-state index in [1.807, 2.05) is 13.8 Å². The van der Waals surface area contributed by atoms with E-state index in [2.05, 4.69) is 5.32 Å². The monoisotopic (exact) mass is 200 g/mol. The Morgan fingerprint density at radius 2 is 2.36 bits per heavy atom. The van der Waals surface area contributed by atoms with Crippen LogP contribution in [0.1, 0.15) is 20.3 Å². The van der Waals surface area contributed by atoms with Gasteiger partial charge in [-0.05, 0) is 12.3 Å². The van der Waals surface area contributed by atoms with Crippen molar-refractivity contribution >= 4 is 5.91 Å². The van der Waals surface area contributed by atoms with Crippen LogP contribution in [0.25, 0.3) is 0 Å². The fourth-order valence-corrected chi connectivity index (χ4v) is 1.64. The van der Waals surface area contributed by atoms with Gasteiger partial charge in [0.2, 0.25) is 5.91 Å². The van der Waals surface area contributed by atoms with Gasteiger partial charge in [-0.3, -0.25) is 4.79 Å². The molecule has 4 heteroatoms. The zero-order valence-electron chi connectivity index (χ0n) is 8.95. The van der Waals surface area contributed by atoms with E-state index in [-0.39, 0.29) is 17.9 Å². The van der Waals surface area contributed by atoms with E-state index in [0.717, 1.165) is 13.0 Å². The number of amides is 1. The second-order valence-corrected chi connectivity index (χ2v) is 4.16. The lowest BCUT2D eigenvalue weighted by Crippen LogP contribution is -2.43. The van der Waals surface area contributed by atoms with Crippen LogP contribution in [0.5, 0.6) is 0 Å². The van der Waals surface area contributed by atoms with E-state index < -0.39 is 0 Å². The molecule has 0 bridgehead atoms. The average molecular weight is 200 g/mol. The van der Waals surface area contributed by atoms with Crippen LogP contribution < -0.4 is 11.1 Å². The normalized spacial score (nSPS) is 23.9. The van der Waals surface area contributed by atoms with E-state index >= 15 is 0 Å². The Hall–Kier alpha value is -0.610. The lowest BCUT2D eigenvalue weighted by Gasteiger charge is -2.20. The molecule has 0 spiro atoms. The van der Waals surface area contributed by atoms with Crippen LogP contribution in [0.2, 0.25) is 0 Å². The van der Waals surface area contributed by atoms with E-state index in [0.29, 0.717) is 19.1 Å². The average Bonchev–Trinajstić information content (AvgIpc) is 2.57. The van der Waals surface area contributed by atoms with Gasteiger partial charge in [0.15, 0.2) is 0 Å². The maximum atomic E-state index is 11.7. The molecule has 1 aliphatic heterocycles. The molecule has 0 aromatic heterocycles. The van der Waals surface area contributed by atoms with E-state index in [9.17, 15) is 4.79 Å². The molecule has 3 N–H and O–H groups in total. The lowest BCUT2D eigenvalue weighted by molar-refractivity contribution is -0.126. The molecule has 1 amide bonds. The number of carbonyl (C=O) groups excluding carboxylic acids is 1. The standard InChI is InChI=1S/C10H20N2O2/c1-7(2)9(5-11)10(13)12-8-3-4-14-6-8/h7-9H,3-6,11H2,1-2H3,(H,12,13). The summed E-state index contributed by atoms with van der Waals surface area (Å²) in [6.45, 7) is 5.84. The first kappa shape index (κ1) is 11.5. The molecule has 1 saturated heterocycles. The van der Waals surface area contributed by atoms with Crippen molar-refractivity contribution in [2.24, 2.45) is 17.6 Å². The van der Waals surface area contributed by atoms with Crippen LogP contribution in [0.4, 0.5) is 0 Å². The van der Waals surface area contributed by atoms with Crippen molar-refractivity contribution in [2.45, 2.75) is 26.3 Å². The maximum absolute atomic E-state index is 11.7. The summed E-state index contributed by atoms with van der Waals surface area (Å²) in [6.07, 6.45) is 0.918. The number of hydrogen-bond donors (Lipinski definition) is 2. The number of nitrogens with two attached hydrogens (primary N) is 1. The predicted molar refractivity (Wildman–Crippen MR) is 54.7 cm³/mol. The molecule has 2 unspecified atom stereocenters. The second-order valence-electron chi connectivity index (χ2n) is 4.16. The molecule has 4 nitrogen and oxygen atoms in total. The highest BCUT2D eigenvalue weighted by atomic mass is 16.5. The van der Waals surface area contributed by atoms with Crippen molar-refractivity contribution in [2.75, 3.05) is 19.8 Å². The molecule has 0 aliphatic carbocycles. The van der Waals surface area contributed by atoms with Crippen LogP contribution in [0.15, 0.2) is 0 Å². The van der Waals surface area contributed by atoms with Crippen LogP contribution in [-0.4, -0.2) is 31.7 Å². The smallest absolute Gasteiger partial charge is 0.224 e. The molecule has 1 rings (SSSR count). The summed E-state index contributed by atoms with van der Waals surface area (Å²) >= 11 is 0. The lowest BCUT2D eigenvalue weighted by atomic mass is 9.95. The first-order valence-electron chi connectivity index (χ1n) is 5.23. The minimum Gasteiger partial charge on any atom is -0.379 e. The van der Waals surface area contributed by atoms with Gasteiger partial charge in [-0.1, -0.05) is 13.8 Å². The summed E-state index contributed by atoms with van der Waals surface area (Å²) in [5, 5.41) is 2.97. The van der Waals surface area contributed by atoms with Crippen molar-refractivity contribution in [3.05, 3.63) is 0 Å². The van der Waals surface area contributed by atoms with Crippen LogP contribution >= 0.6 is 0 Å². The summed E-state index contributed by atoms with van der Waals surface area (Å²) < 4.78 is 5.19. The first-order chi connectivity index (χ1) is 6.65. The quantitative estimate of drug-likeness (QED) is 0.677. The van der Waals surface area contributed by atoms with Gasteiger partial charge in [0.1, 0.15) is 0 Å². The van der Waals surface area contributed by atoms with Crippen LogP contribution in [0, 0.1) is 11.8 Å². The largest absolute Gasteiger partial charge is 0.379 e. The minimum absolute atomic E-state index is 0.0676. The molecule has 1 fully saturated rings. The van der Waals surface area contributed by atoms with E-state index in [4.69, 9.17) is 10.5 Å². The number of hydrogen-bond acceptors (Lipinski definition) is 3. The second kappa shape index (κ2) is 5.32. The van der Waals surface area contributed by atoms with Crippen molar-refractivity contribution in [1.82, 2.24) is 5.32 Å². The highest BCUT2D eigenvalue weighted by Crippen LogP contribution is 2.11. The number of ether oxygens (including phenoxy) is 1. The fraction of sp³-hybridized carbons (Fsp3) is 0.900. The van der Waals surface area contributed by atoms with Gasteiger partial charge in [0.05, 0.1) is 18.6 Å². The number of carbonyl (C=O) groups is 1. The molecule has 14 heavy (non-hydrogen) atoms. The summed E-state index contributed by atoms with van der Waals surface area (Å²) in [5.41, 5.74) is 5.56. The molecule has 0 saturated carbocycles. The molecule has 0 aromatic rings. The number of nitrogens with one attached hydrogen (secondary N) is 1. The Morgan fingerprint density at radius 3 is 2.79 bits per heavy atom. The summed E-state index contributed by atoms with van der Waals surface area (Å²) in [6, 6.07) is 0.190. The van der Waals surface area contributed by atoms with E-state index in [1.165, 1.54) is 0 Å². The highest BCUT2D eigenvalue weighted by Gasteiger charge is 2.24. The first-order valence-corrected chi connectivity index (χ1v) is 5.23. The summed E-state index contributed by atoms with van der Waals surface area (Å²) in [4.78, 5) is 11.7. The molecular formula is C10H20N2O2.